The van der Waals surface area contributed by atoms with Gasteiger partial charge in [0.1, 0.15) is 0 Å². The summed E-state index contributed by atoms with van der Waals surface area (Å²) in [6.45, 7) is 3.57. The summed E-state index contributed by atoms with van der Waals surface area (Å²) in [5.41, 5.74) is 0. The van der Waals surface area contributed by atoms with Crippen molar-refractivity contribution in [1.29, 1.82) is 0 Å². The monoisotopic (exact) mass is 271 g/mol. The lowest BCUT2D eigenvalue weighted by Crippen LogP contribution is -2.43. The van der Waals surface area contributed by atoms with Crippen LogP contribution in [0.15, 0.2) is 0 Å². The SMILES string of the molecule is COCCCNC(=O)C(C)NCCC(=O)NC1CC1. The van der Waals surface area contributed by atoms with E-state index in [-0.39, 0.29) is 17.9 Å². The molecular weight excluding hydrogens is 246 g/mol. The van der Waals surface area contributed by atoms with Crippen LogP contribution in [0.1, 0.15) is 32.6 Å². The Morgan fingerprint density at radius 1 is 1.32 bits per heavy atom. The van der Waals surface area contributed by atoms with E-state index in [2.05, 4.69) is 16.0 Å². The maximum Gasteiger partial charge on any atom is 0.236 e. The highest BCUT2D eigenvalue weighted by atomic mass is 16.5. The number of methoxy groups -OCH3 is 1. The van der Waals surface area contributed by atoms with Crippen molar-refractivity contribution in [2.45, 2.75) is 44.7 Å². The van der Waals surface area contributed by atoms with Gasteiger partial charge in [-0.25, -0.2) is 0 Å². The second-order valence-electron chi connectivity index (χ2n) is 4.90. The first-order valence-electron chi connectivity index (χ1n) is 6.93. The molecule has 3 N–H and O–H groups in total. The highest BCUT2D eigenvalue weighted by Crippen LogP contribution is 2.18. The van der Waals surface area contributed by atoms with Crippen LogP contribution >= 0.6 is 0 Å². The molecule has 0 aliphatic heterocycles. The van der Waals surface area contributed by atoms with Gasteiger partial charge in [-0.15, -0.1) is 0 Å². The van der Waals surface area contributed by atoms with E-state index in [1.165, 1.54) is 0 Å². The maximum atomic E-state index is 11.7. The Labute approximate surface area is 114 Å². The second kappa shape index (κ2) is 8.87. The lowest BCUT2D eigenvalue weighted by Gasteiger charge is -2.13. The van der Waals surface area contributed by atoms with Crippen LogP contribution in [0.3, 0.4) is 0 Å². The molecule has 2 amide bonds. The Bertz CT molecular complexity index is 293. The molecule has 1 aliphatic carbocycles. The number of hydrogen-bond acceptors (Lipinski definition) is 4. The first-order valence-corrected chi connectivity index (χ1v) is 6.93. The zero-order valence-corrected chi connectivity index (χ0v) is 11.8. The standard InChI is InChI=1S/C13H25N3O3/c1-10(13(18)15-7-3-9-19-2)14-8-6-12(17)16-11-4-5-11/h10-11,14H,3-9H2,1-2H3,(H,15,18)(H,16,17). The van der Waals surface area contributed by atoms with E-state index in [9.17, 15) is 9.59 Å². The molecule has 0 aromatic rings. The van der Waals surface area contributed by atoms with Gasteiger partial charge in [0.05, 0.1) is 6.04 Å². The zero-order valence-electron chi connectivity index (χ0n) is 11.8. The van der Waals surface area contributed by atoms with Gasteiger partial charge in [-0.05, 0) is 26.2 Å². The average Bonchev–Trinajstić information content (AvgIpc) is 3.18. The summed E-state index contributed by atoms with van der Waals surface area (Å²) in [6, 6.07) is 0.116. The third-order valence-corrected chi connectivity index (χ3v) is 2.96. The molecule has 1 rings (SSSR count). The van der Waals surface area contributed by atoms with Gasteiger partial charge in [-0.1, -0.05) is 0 Å². The van der Waals surface area contributed by atoms with E-state index in [1.54, 1.807) is 14.0 Å². The van der Waals surface area contributed by atoms with Gasteiger partial charge in [0.25, 0.3) is 0 Å². The number of carbonyl (C=O) groups excluding carboxylic acids is 2. The summed E-state index contributed by atoms with van der Waals surface area (Å²) in [4.78, 5) is 23.1. The highest BCUT2D eigenvalue weighted by Gasteiger charge is 2.22. The van der Waals surface area contributed by atoms with E-state index < -0.39 is 0 Å². The van der Waals surface area contributed by atoms with Crippen molar-refractivity contribution in [3.63, 3.8) is 0 Å². The van der Waals surface area contributed by atoms with Crippen molar-refractivity contribution in [3.05, 3.63) is 0 Å². The fourth-order valence-electron chi connectivity index (χ4n) is 1.60. The van der Waals surface area contributed by atoms with Crippen LogP contribution < -0.4 is 16.0 Å². The van der Waals surface area contributed by atoms with Crippen LogP contribution in [0.25, 0.3) is 0 Å². The van der Waals surface area contributed by atoms with Gasteiger partial charge < -0.3 is 20.7 Å². The molecule has 1 saturated carbocycles. The Morgan fingerprint density at radius 3 is 2.68 bits per heavy atom. The number of rotatable bonds is 10. The molecule has 1 atom stereocenters. The maximum absolute atomic E-state index is 11.7. The third kappa shape index (κ3) is 7.79. The van der Waals surface area contributed by atoms with Crippen molar-refractivity contribution >= 4 is 11.8 Å². The van der Waals surface area contributed by atoms with Gasteiger partial charge in [0.15, 0.2) is 0 Å². The Kier molecular flexibility index (Phi) is 7.43. The van der Waals surface area contributed by atoms with Crippen molar-refractivity contribution in [2.24, 2.45) is 0 Å². The van der Waals surface area contributed by atoms with Crippen molar-refractivity contribution in [2.75, 3.05) is 26.8 Å². The fraction of sp³-hybridized carbons (Fsp3) is 0.846. The molecule has 1 aliphatic rings. The molecular formula is C13H25N3O3. The molecule has 0 radical (unpaired) electrons. The third-order valence-electron chi connectivity index (χ3n) is 2.96. The molecule has 19 heavy (non-hydrogen) atoms. The number of hydrogen-bond donors (Lipinski definition) is 3. The van der Waals surface area contributed by atoms with Crippen LogP contribution in [-0.2, 0) is 14.3 Å². The van der Waals surface area contributed by atoms with Crippen molar-refractivity contribution in [3.8, 4) is 0 Å². The Balaban J connectivity index is 2.00. The highest BCUT2D eigenvalue weighted by molar-refractivity contribution is 5.81. The topological polar surface area (TPSA) is 79.5 Å². The molecule has 1 fully saturated rings. The van der Waals surface area contributed by atoms with E-state index >= 15 is 0 Å². The largest absolute Gasteiger partial charge is 0.385 e. The average molecular weight is 271 g/mol. The van der Waals surface area contributed by atoms with Crippen molar-refractivity contribution < 1.29 is 14.3 Å². The lowest BCUT2D eigenvalue weighted by molar-refractivity contribution is -0.124. The summed E-state index contributed by atoms with van der Waals surface area (Å²) < 4.78 is 4.90. The minimum Gasteiger partial charge on any atom is -0.385 e. The molecule has 0 heterocycles. The first kappa shape index (κ1) is 15.9. The zero-order chi connectivity index (χ0) is 14.1. The number of nitrogens with one attached hydrogen (secondary N) is 3. The van der Waals surface area contributed by atoms with Crippen LogP contribution in [-0.4, -0.2) is 50.7 Å². The van der Waals surface area contributed by atoms with Crippen LogP contribution in [0, 0.1) is 0 Å². The number of carbonyl (C=O) groups is 2. The predicted octanol–water partition coefficient (Wildman–Crippen LogP) is -0.214. The van der Waals surface area contributed by atoms with E-state index in [1.807, 2.05) is 0 Å². The summed E-state index contributed by atoms with van der Waals surface area (Å²) >= 11 is 0. The molecule has 0 aromatic carbocycles. The predicted molar refractivity (Wildman–Crippen MR) is 72.7 cm³/mol. The second-order valence-corrected chi connectivity index (χ2v) is 4.90. The van der Waals surface area contributed by atoms with Crippen LogP contribution in [0.2, 0.25) is 0 Å². The van der Waals surface area contributed by atoms with E-state index in [0.29, 0.717) is 32.2 Å². The molecule has 110 valence electrons. The Morgan fingerprint density at radius 2 is 2.05 bits per heavy atom. The quantitative estimate of drug-likeness (QED) is 0.480. The number of ether oxygens (including phenoxy) is 1. The molecule has 1 unspecified atom stereocenters. The van der Waals surface area contributed by atoms with Crippen LogP contribution in [0.5, 0.6) is 0 Å². The molecule has 0 aromatic heterocycles. The Hall–Kier alpha value is -1.14. The summed E-state index contributed by atoms with van der Waals surface area (Å²) in [6.07, 6.45) is 3.41. The minimum atomic E-state index is -0.281. The molecule has 0 bridgehead atoms. The normalized spacial score (nSPS) is 15.9. The summed E-state index contributed by atoms with van der Waals surface area (Å²) in [5.74, 6) is 0.0152. The van der Waals surface area contributed by atoms with E-state index in [4.69, 9.17) is 4.74 Å². The van der Waals surface area contributed by atoms with Crippen molar-refractivity contribution in [1.82, 2.24) is 16.0 Å². The van der Waals surface area contributed by atoms with Gasteiger partial charge in [0.2, 0.25) is 11.8 Å². The minimum absolute atomic E-state index is 0.0429. The van der Waals surface area contributed by atoms with Gasteiger partial charge in [-0.3, -0.25) is 9.59 Å². The first-order chi connectivity index (χ1) is 9.13. The fourth-order valence-corrected chi connectivity index (χ4v) is 1.60. The molecule has 6 nitrogen and oxygen atoms in total. The lowest BCUT2D eigenvalue weighted by atomic mass is 10.3. The smallest absolute Gasteiger partial charge is 0.236 e. The molecule has 0 spiro atoms. The van der Waals surface area contributed by atoms with Crippen LogP contribution in [0.4, 0.5) is 0 Å². The summed E-state index contributed by atoms with van der Waals surface area (Å²) in [7, 11) is 1.64. The van der Waals surface area contributed by atoms with Gasteiger partial charge >= 0.3 is 0 Å². The van der Waals surface area contributed by atoms with Gasteiger partial charge in [-0.2, -0.15) is 0 Å². The number of amides is 2. The van der Waals surface area contributed by atoms with Gasteiger partial charge in [0, 0.05) is 39.3 Å². The summed E-state index contributed by atoms with van der Waals surface area (Å²) in [5, 5.41) is 8.77. The van der Waals surface area contributed by atoms with E-state index in [0.717, 1.165) is 19.3 Å². The molecule has 0 saturated heterocycles. The molecule has 6 heteroatoms.